The van der Waals surface area contributed by atoms with Crippen LogP contribution in [0, 0.1) is 0 Å². The van der Waals surface area contributed by atoms with Crippen LogP contribution in [0.5, 0.6) is 0 Å². The molecule has 0 aliphatic rings. The molecule has 0 spiro atoms. The summed E-state index contributed by atoms with van der Waals surface area (Å²) in [7, 11) is 1.90. The fourth-order valence-corrected chi connectivity index (χ4v) is 2.90. The van der Waals surface area contributed by atoms with E-state index in [0.29, 0.717) is 0 Å². The van der Waals surface area contributed by atoms with Gasteiger partial charge in [0, 0.05) is 12.1 Å². The molecule has 0 radical (unpaired) electrons. The van der Waals surface area contributed by atoms with Gasteiger partial charge in [-0.15, -0.1) is 11.3 Å². The van der Waals surface area contributed by atoms with E-state index in [4.69, 9.17) is 0 Å². The van der Waals surface area contributed by atoms with Crippen LogP contribution in [0.25, 0.3) is 0 Å². The number of ketones is 1. The highest BCUT2D eigenvalue weighted by Gasteiger charge is 2.10. The fourth-order valence-electron chi connectivity index (χ4n) is 1.56. The number of benzene rings is 1. The Bertz CT molecular complexity index is 518. The van der Waals surface area contributed by atoms with Gasteiger partial charge >= 0.3 is 0 Å². The Kier molecular flexibility index (Phi) is 4.10. The number of carbonyl (C=O) groups is 1. The summed E-state index contributed by atoms with van der Waals surface area (Å²) in [5.41, 5.74) is 1.91. The Morgan fingerprint density at radius 2 is 1.94 bits per heavy atom. The highest BCUT2D eigenvalue weighted by Crippen LogP contribution is 2.24. The summed E-state index contributed by atoms with van der Waals surface area (Å²) in [6.45, 7) is 0.818. The molecular formula is C13H12BrNOS. The minimum absolute atomic E-state index is 0.0803. The van der Waals surface area contributed by atoms with Gasteiger partial charge in [0.25, 0.3) is 0 Å². The maximum Gasteiger partial charge on any atom is 0.202 e. The third-order valence-electron chi connectivity index (χ3n) is 2.39. The predicted octanol–water partition coefficient (Wildman–Crippen LogP) is 3.46. The van der Waals surface area contributed by atoms with Crippen molar-refractivity contribution in [3.8, 4) is 0 Å². The van der Waals surface area contributed by atoms with Crippen LogP contribution in [0.15, 0.2) is 40.2 Å². The molecular weight excluding hydrogens is 298 g/mol. The largest absolute Gasteiger partial charge is 0.316 e. The van der Waals surface area contributed by atoms with Crippen molar-refractivity contribution in [2.45, 2.75) is 6.54 Å². The first-order chi connectivity index (χ1) is 8.20. The number of nitrogens with one attached hydrogen (secondary N) is 1. The first-order valence-corrected chi connectivity index (χ1v) is 6.85. The zero-order chi connectivity index (χ0) is 12.3. The lowest BCUT2D eigenvalue weighted by atomic mass is 10.1. The minimum atomic E-state index is 0.0803. The van der Waals surface area contributed by atoms with Crippen molar-refractivity contribution in [1.29, 1.82) is 0 Å². The van der Waals surface area contributed by atoms with Crippen molar-refractivity contribution in [2.24, 2.45) is 0 Å². The molecule has 1 N–H and O–H groups in total. The smallest absolute Gasteiger partial charge is 0.202 e. The lowest BCUT2D eigenvalue weighted by Gasteiger charge is -2.02. The molecule has 1 heterocycles. The number of rotatable bonds is 4. The van der Waals surface area contributed by atoms with Crippen LogP contribution >= 0.6 is 27.3 Å². The zero-order valence-electron chi connectivity index (χ0n) is 9.37. The van der Waals surface area contributed by atoms with E-state index >= 15 is 0 Å². The Labute approximate surface area is 113 Å². The Morgan fingerprint density at radius 3 is 2.47 bits per heavy atom. The molecule has 4 heteroatoms. The molecule has 0 aliphatic carbocycles. The second-order valence-electron chi connectivity index (χ2n) is 3.66. The third-order valence-corrected chi connectivity index (χ3v) is 4.02. The summed E-state index contributed by atoms with van der Waals surface area (Å²) in [5, 5.41) is 3.08. The Balaban J connectivity index is 2.20. The average molecular weight is 310 g/mol. The number of thiophene rings is 1. The van der Waals surface area contributed by atoms with Crippen molar-refractivity contribution >= 4 is 33.0 Å². The van der Waals surface area contributed by atoms with E-state index in [1.165, 1.54) is 16.9 Å². The topological polar surface area (TPSA) is 29.1 Å². The van der Waals surface area contributed by atoms with Crippen molar-refractivity contribution in [2.75, 3.05) is 7.05 Å². The maximum absolute atomic E-state index is 12.1. The SMILES string of the molecule is CNCc1ccc(C(=O)c2ccc(Br)s2)cc1. The van der Waals surface area contributed by atoms with E-state index in [9.17, 15) is 4.79 Å². The highest BCUT2D eigenvalue weighted by atomic mass is 79.9. The van der Waals surface area contributed by atoms with E-state index in [0.717, 1.165) is 20.8 Å². The summed E-state index contributed by atoms with van der Waals surface area (Å²) < 4.78 is 0.979. The number of hydrogen-bond donors (Lipinski definition) is 1. The van der Waals surface area contributed by atoms with E-state index in [1.807, 2.05) is 43.4 Å². The molecule has 2 aromatic rings. The molecule has 0 saturated heterocycles. The molecule has 0 unspecified atom stereocenters. The zero-order valence-corrected chi connectivity index (χ0v) is 11.8. The molecule has 0 bridgehead atoms. The van der Waals surface area contributed by atoms with Crippen molar-refractivity contribution in [3.05, 3.63) is 56.2 Å². The van der Waals surface area contributed by atoms with E-state index in [-0.39, 0.29) is 5.78 Å². The van der Waals surface area contributed by atoms with Crippen LogP contribution in [0.2, 0.25) is 0 Å². The fraction of sp³-hybridized carbons (Fsp3) is 0.154. The Morgan fingerprint density at radius 1 is 1.24 bits per heavy atom. The Hall–Kier alpha value is -0.970. The third kappa shape index (κ3) is 3.03. The monoisotopic (exact) mass is 309 g/mol. The average Bonchev–Trinajstić information content (AvgIpc) is 2.76. The van der Waals surface area contributed by atoms with Crippen LogP contribution < -0.4 is 5.32 Å². The summed E-state index contributed by atoms with van der Waals surface area (Å²) in [6, 6.07) is 11.5. The second kappa shape index (κ2) is 5.58. The first kappa shape index (κ1) is 12.5. The molecule has 88 valence electrons. The first-order valence-electron chi connectivity index (χ1n) is 5.24. The van der Waals surface area contributed by atoms with E-state index in [2.05, 4.69) is 21.2 Å². The van der Waals surface area contributed by atoms with Gasteiger partial charge in [-0.05, 0) is 40.7 Å². The molecule has 2 rings (SSSR count). The summed E-state index contributed by atoms with van der Waals surface area (Å²) in [5.74, 6) is 0.0803. The van der Waals surface area contributed by atoms with Gasteiger partial charge in [-0.2, -0.15) is 0 Å². The maximum atomic E-state index is 12.1. The van der Waals surface area contributed by atoms with Gasteiger partial charge in [0.05, 0.1) is 8.66 Å². The normalized spacial score (nSPS) is 10.5. The quantitative estimate of drug-likeness (QED) is 0.876. The van der Waals surface area contributed by atoms with Crippen LogP contribution in [-0.2, 0) is 6.54 Å². The number of halogens is 1. The molecule has 0 aliphatic heterocycles. The van der Waals surface area contributed by atoms with Crippen molar-refractivity contribution in [3.63, 3.8) is 0 Å². The lowest BCUT2D eigenvalue weighted by Crippen LogP contribution is -2.05. The lowest BCUT2D eigenvalue weighted by molar-refractivity contribution is 0.104. The van der Waals surface area contributed by atoms with Crippen LogP contribution in [0.4, 0.5) is 0 Å². The van der Waals surface area contributed by atoms with Crippen LogP contribution in [-0.4, -0.2) is 12.8 Å². The van der Waals surface area contributed by atoms with E-state index < -0.39 is 0 Å². The molecule has 17 heavy (non-hydrogen) atoms. The van der Waals surface area contributed by atoms with Gasteiger partial charge in [-0.3, -0.25) is 4.79 Å². The second-order valence-corrected chi connectivity index (χ2v) is 6.12. The van der Waals surface area contributed by atoms with Crippen LogP contribution in [0.3, 0.4) is 0 Å². The number of hydrogen-bond acceptors (Lipinski definition) is 3. The number of carbonyl (C=O) groups excluding carboxylic acids is 1. The van der Waals surface area contributed by atoms with Crippen LogP contribution in [0.1, 0.15) is 20.8 Å². The highest BCUT2D eigenvalue weighted by molar-refractivity contribution is 9.11. The van der Waals surface area contributed by atoms with E-state index in [1.54, 1.807) is 0 Å². The molecule has 0 fully saturated rings. The van der Waals surface area contributed by atoms with Gasteiger partial charge < -0.3 is 5.32 Å². The molecule has 0 atom stereocenters. The minimum Gasteiger partial charge on any atom is -0.316 e. The van der Waals surface area contributed by atoms with Gasteiger partial charge in [-0.25, -0.2) is 0 Å². The molecule has 0 amide bonds. The summed E-state index contributed by atoms with van der Waals surface area (Å²) >= 11 is 4.82. The van der Waals surface area contributed by atoms with Gasteiger partial charge in [-0.1, -0.05) is 24.3 Å². The van der Waals surface area contributed by atoms with Crippen molar-refractivity contribution < 1.29 is 4.79 Å². The van der Waals surface area contributed by atoms with Gasteiger partial charge in [0.1, 0.15) is 0 Å². The standard InChI is InChI=1S/C13H12BrNOS/c1-15-8-9-2-4-10(5-3-9)13(16)11-6-7-12(14)17-11/h2-7,15H,8H2,1H3. The summed E-state index contributed by atoms with van der Waals surface area (Å²) in [4.78, 5) is 12.9. The molecule has 1 aromatic carbocycles. The molecule has 2 nitrogen and oxygen atoms in total. The molecule has 0 saturated carbocycles. The van der Waals surface area contributed by atoms with Crippen molar-refractivity contribution in [1.82, 2.24) is 5.32 Å². The summed E-state index contributed by atoms with van der Waals surface area (Å²) in [6.07, 6.45) is 0. The van der Waals surface area contributed by atoms with Gasteiger partial charge in [0.2, 0.25) is 5.78 Å². The predicted molar refractivity (Wildman–Crippen MR) is 74.7 cm³/mol. The van der Waals surface area contributed by atoms with Gasteiger partial charge in [0.15, 0.2) is 0 Å². The molecule has 1 aromatic heterocycles.